The highest BCUT2D eigenvalue weighted by molar-refractivity contribution is 7.89. The number of sulfonamides is 1. The predicted octanol–water partition coefficient (Wildman–Crippen LogP) is -0.0495. The molecule has 0 saturated carbocycles. The standard InChI is InChI=1S/C17H23N3O2S/c1-12-5-4-6-16(17(12)13(2)9-18-3)23(21,22)20-10-14-7-8-19-15(14)11-20/h4-6,9,14-15,19H,1,7-8,10-11H2,2-3H3/b17-13+,18-9?/t14-,15+/m0/s1. The quantitative estimate of drug-likeness (QED) is 0.789. The lowest BCUT2D eigenvalue weighted by Crippen LogP contribution is -2.39. The van der Waals surface area contributed by atoms with Gasteiger partial charge in [0.1, 0.15) is 0 Å². The fourth-order valence-electron chi connectivity index (χ4n) is 3.64. The van der Waals surface area contributed by atoms with Gasteiger partial charge >= 0.3 is 0 Å². The van der Waals surface area contributed by atoms with Crippen molar-refractivity contribution in [3.63, 3.8) is 0 Å². The lowest BCUT2D eigenvalue weighted by atomic mass is 10.1. The molecule has 0 radical (unpaired) electrons. The zero-order chi connectivity index (χ0) is 16.6. The number of nitrogens with one attached hydrogen (secondary N) is 1. The van der Waals surface area contributed by atoms with Crippen LogP contribution in [0.25, 0.3) is 12.2 Å². The molecule has 23 heavy (non-hydrogen) atoms. The van der Waals surface area contributed by atoms with Crippen LogP contribution in [-0.4, -0.2) is 51.7 Å². The van der Waals surface area contributed by atoms with Gasteiger partial charge in [-0.15, -0.1) is 0 Å². The Morgan fingerprint density at radius 2 is 2.22 bits per heavy atom. The number of rotatable bonds is 3. The number of hydrogen-bond acceptors (Lipinski definition) is 4. The zero-order valence-electron chi connectivity index (χ0n) is 13.6. The summed E-state index contributed by atoms with van der Waals surface area (Å²) in [6.45, 7) is 8.01. The van der Waals surface area contributed by atoms with Gasteiger partial charge in [0.2, 0.25) is 10.0 Å². The largest absolute Gasteiger partial charge is 0.312 e. The highest BCUT2D eigenvalue weighted by Crippen LogP contribution is 2.28. The van der Waals surface area contributed by atoms with Gasteiger partial charge in [-0.3, -0.25) is 4.99 Å². The Bertz CT molecular complexity index is 833. The van der Waals surface area contributed by atoms with Gasteiger partial charge in [-0.2, -0.15) is 4.31 Å². The first-order valence-corrected chi connectivity index (χ1v) is 9.33. The van der Waals surface area contributed by atoms with E-state index in [-0.39, 0.29) is 0 Å². The topological polar surface area (TPSA) is 61.8 Å². The van der Waals surface area contributed by atoms with Gasteiger partial charge in [0.15, 0.2) is 0 Å². The van der Waals surface area contributed by atoms with Crippen molar-refractivity contribution in [1.29, 1.82) is 0 Å². The molecule has 2 aliphatic heterocycles. The molecule has 2 fully saturated rings. The summed E-state index contributed by atoms with van der Waals surface area (Å²) in [5.74, 6) is 0.429. The van der Waals surface area contributed by atoms with Gasteiger partial charge in [-0.05, 0) is 42.7 Å². The minimum absolute atomic E-state index is 0.290. The third kappa shape index (κ3) is 2.86. The number of fused-ring (bicyclic) bond motifs is 1. The second-order valence-electron chi connectivity index (χ2n) is 6.29. The summed E-state index contributed by atoms with van der Waals surface area (Å²) in [5, 5.41) is 4.78. The van der Waals surface area contributed by atoms with E-state index >= 15 is 0 Å². The molecule has 1 aromatic rings. The Hall–Kier alpha value is -1.50. The third-order valence-electron chi connectivity index (χ3n) is 4.78. The highest BCUT2D eigenvalue weighted by atomic mass is 32.2. The van der Waals surface area contributed by atoms with E-state index < -0.39 is 10.0 Å². The zero-order valence-corrected chi connectivity index (χ0v) is 14.4. The van der Waals surface area contributed by atoms with Gasteiger partial charge in [0.05, 0.1) is 4.90 Å². The molecular formula is C17H23N3O2S. The van der Waals surface area contributed by atoms with Gasteiger partial charge in [-0.25, -0.2) is 8.42 Å². The number of aliphatic imine (C=N–C) groups is 1. The number of nitrogens with zero attached hydrogens (tertiary/aromatic N) is 2. The highest BCUT2D eigenvalue weighted by Gasteiger charge is 2.41. The van der Waals surface area contributed by atoms with E-state index in [9.17, 15) is 8.42 Å². The molecular weight excluding hydrogens is 310 g/mol. The Kier molecular flexibility index (Phi) is 4.40. The van der Waals surface area contributed by atoms with E-state index in [4.69, 9.17) is 0 Å². The lowest BCUT2D eigenvalue weighted by Gasteiger charge is -2.18. The molecule has 6 heteroatoms. The van der Waals surface area contributed by atoms with E-state index in [1.54, 1.807) is 29.7 Å². The van der Waals surface area contributed by atoms with Gasteiger partial charge < -0.3 is 5.32 Å². The summed E-state index contributed by atoms with van der Waals surface area (Å²) >= 11 is 0. The summed E-state index contributed by atoms with van der Waals surface area (Å²) in [6, 6.07) is 5.55. The molecule has 2 heterocycles. The smallest absolute Gasteiger partial charge is 0.243 e. The molecule has 2 aliphatic rings. The van der Waals surface area contributed by atoms with Crippen LogP contribution >= 0.6 is 0 Å². The van der Waals surface area contributed by atoms with E-state index in [0.717, 1.165) is 18.5 Å². The van der Waals surface area contributed by atoms with Crippen molar-refractivity contribution in [2.75, 3.05) is 26.7 Å². The van der Waals surface area contributed by atoms with Crippen molar-refractivity contribution >= 4 is 28.4 Å². The molecule has 0 unspecified atom stereocenters. The van der Waals surface area contributed by atoms with Crippen molar-refractivity contribution in [3.05, 3.63) is 28.6 Å². The summed E-state index contributed by atoms with van der Waals surface area (Å²) < 4.78 is 27.9. The van der Waals surface area contributed by atoms with Crippen molar-refractivity contribution < 1.29 is 8.42 Å². The van der Waals surface area contributed by atoms with E-state index in [2.05, 4.69) is 16.9 Å². The van der Waals surface area contributed by atoms with Crippen molar-refractivity contribution in [2.45, 2.75) is 24.3 Å². The van der Waals surface area contributed by atoms with Crippen LogP contribution < -0.4 is 15.8 Å². The number of benzene rings is 1. The fraction of sp³-hybridized carbons (Fsp3) is 0.471. The molecule has 2 atom stereocenters. The summed E-state index contributed by atoms with van der Waals surface area (Å²) in [4.78, 5) is 4.35. The van der Waals surface area contributed by atoms with Crippen LogP contribution in [0.2, 0.25) is 0 Å². The molecule has 0 aromatic heterocycles. The van der Waals surface area contributed by atoms with E-state index in [1.165, 1.54) is 0 Å². The first-order valence-electron chi connectivity index (χ1n) is 7.89. The average Bonchev–Trinajstić information content (AvgIpc) is 3.08. The summed E-state index contributed by atoms with van der Waals surface area (Å²) in [5.41, 5.74) is 0.814. The molecule has 2 saturated heterocycles. The molecule has 0 amide bonds. The maximum Gasteiger partial charge on any atom is 0.243 e. The monoisotopic (exact) mass is 333 g/mol. The molecule has 1 aromatic carbocycles. The second-order valence-corrected chi connectivity index (χ2v) is 8.20. The molecule has 0 aliphatic carbocycles. The number of hydrogen-bond donors (Lipinski definition) is 1. The summed E-state index contributed by atoms with van der Waals surface area (Å²) in [7, 11) is -1.85. The van der Waals surface area contributed by atoms with Crippen molar-refractivity contribution in [2.24, 2.45) is 10.9 Å². The maximum atomic E-state index is 13.2. The minimum Gasteiger partial charge on any atom is -0.312 e. The predicted molar refractivity (Wildman–Crippen MR) is 93.4 cm³/mol. The Morgan fingerprint density at radius 3 is 2.91 bits per heavy atom. The molecule has 0 spiro atoms. The van der Waals surface area contributed by atoms with Crippen LogP contribution in [0.4, 0.5) is 0 Å². The first-order chi connectivity index (χ1) is 10.9. The fourth-order valence-corrected chi connectivity index (χ4v) is 5.47. The van der Waals surface area contributed by atoms with Crippen molar-refractivity contribution in [3.8, 4) is 0 Å². The van der Waals surface area contributed by atoms with E-state index in [0.29, 0.717) is 40.4 Å². The molecule has 1 N–H and O–H groups in total. The van der Waals surface area contributed by atoms with Crippen LogP contribution in [0.1, 0.15) is 13.3 Å². The molecule has 3 rings (SSSR count). The van der Waals surface area contributed by atoms with Crippen LogP contribution in [0, 0.1) is 5.92 Å². The van der Waals surface area contributed by atoms with Crippen LogP contribution in [0.5, 0.6) is 0 Å². The van der Waals surface area contributed by atoms with Crippen LogP contribution in [-0.2, 0) is 10.0 Å². The first kappa shape index (κ1) is 16.4. The van der Waals surface area contributed by atoms with Crippen LogP contribution in [0.3, 0.4) is 0 Å². The minimum atomic E-state index is -3.53. The second kappa shape index (κ2) is 6.19. The lowest BCUT2D eigenvalue weighted by molar-refractivity contribution is 0.447. The Labute approximate surface area is 137 Å². The average molecular weight is 333 g/mol. The van der Waals surface area contributed by atoms with E-state index in [1.807, 2.05) is 13.0 Å². The molecule has 0 bridgehead atoms. The molecule has 124 valence electrons. The summed E-state index contributed by atoms with van der Waals surface area (Å²) in [6.07, 6.45) is 2.73. The molecule has 5 nitrogen and oxygen atoms in total. The van der Waals surface area contributed by atoms with Crippen molar-refractivity contribution in [1.82, 2.24) is 9.62 Å². The van der Waals surface area contributed by atoms with Gasteiger partial charge in [0, 0.05) is 37.6 Å². The SMILES string of the molecule is C=c1cccc(S(=O)(=O)N2C[C@@H]3CCN[C@@H]3C2)/c1=C(\C)C=NC. The maximum absolute atomic E-state index is 13.2. The Balaban J connectivity index is 2.10. The van der Waals surface area contributed by atoms with Gasteiger partial charge in [-0.1, -0.05) is 18.7 Å². The van der Waals surface area contributed by atoms with Gasteiger partial charge in [0.25, 0.3) is 0 Å². The third-order valence-corrected chi connectivity index (χ3v) is 6.65. The Morgan fingerprint density at radius 1 is 1.43 bits per heavy atom. The normalized spacial score (nSPS) is 26.7. The van der Waals surface area contributed by atoms with Crippen LogP contribution in [0.15, 0.2) is 28.1 Å².